The minimum absolute atomic E-state index is 0.185. The van der Waals surface area contributed by atoms with E-state index in [0.29, 0.717) is 12.3 Å². The third-order valence-electron chi connectivity index (χ3n) is 4.07. The molecule has 1 aliphatic heterocycles. The third-order valence-corrected chi connectivity index (χ3v) is 4.07. The predicted molar refractivity (Wildman–Crippen MR) is 75.6 cm³/mol. The molecule has 0 radical (unpaired) electrons. The zero-order valence-electron chi connectivity index (χ0n) is 11.8. The fourth-order valence-electron chi connectivity index (χ4n) is 2.63. The number of nitrogens with two attached hydrogens (primary N) is 1. The van der Waals surface area contributed by atoms with E-state index in [1.807, 2.05) is 24.0 Å². The molecule has 4 heteroatoms. The van der Waals surface area contributed by atoms with Crippen LogP contribution in [0.15, 0.2) is 18.3 Å². The number of aromatic nitrogens is 1. The fraction of sp³-hybridized carbons (Fsp3) is 0.600. The lowest BCUT2D eigenvalue weighted by Gasteiger charge is -2.33. The summed E-state index contributed by atoms with van der Waals surface area (Å²) in [4.78, 5) is 18.5. The molecule has 0 spiro atoms. The molecule has 1 aromatic heterocycles. The van der Waals surface area contributed by atoms with Crippen molar-refractivity contribution in [3.05, 3.63) is 29.6 Å². The monoisotopic (exact) mass is 261 g/mol. The van der Waals surface area contributed by atoms with Crippen LogP contribution >= 0.6 is 0 Å². The topological polar surface area (TPSA) is 59.2 Å². The van der Waals surface area contributed by atoms with Crippen molar-refractivity contribution in [2.45, 2.75) is 39.2 Å². The molecule has 0 saturated carbocycles. The van der Waals surface area contributed by atoms with Crippen molar-refractivity contribution in [3.63, 3.8) is 0 Å². The summed E-state index contributed by atoms with van der Waals surface area (Å²) >= 11 is 0. The fourth-order valence-corrected chi connectivity index (χ4v) is 2.63. The van der Waals surface area contributed by atoms with Gasteiger partial charge in [-0.05, 0) is 44.2 Å². The molecule has 2 rings (SSSR count). The van der Waals surface area contributed by atoms with E-state index >= 15 is 0 Å². The van der Waals surface area contributed by atoms with Crippen LogP contribution in [0.2, 0.25) is 0 Å². The molecule has 2 heterocycles. The van der Waals surface area contributed by atoms with E-state index in [-0.39, 0.29) is 11.9 Å². The summed E-state index contributed by atoms with van der Waals surface area (Å²) in [5.74, 6) is 0.741. The Morgan fingerprint density at radius 2 is 2.21 bits per heavy atom. The van der Waals surface area contributed by atoms with Crippen LogP contribution in [0.25, 0.3) is 0 Å². The van der Waals surface area contributed by atoms with Crippen molar-refractivity contribution in [2.24, 2.45) is 11.7 Å². The number of likely N-dealkylation sites (tertiary alicyclic amines) is 1. The molecule has 19 heavy (non-hydrogen) atoms. The molecule has 2 N–H and O–H groups in total. The maximum atomic E-state index is 12.3. The molecule has 104 valence electrons. The van der Waals surface area contributed by atoms with Crippen LogP contribution in [0.5, 0.6) is 0 Å². The lowest BCUT2D eigenvalue weighted by molar-refractivity contribution is -0.132. The Morgan fingerprint density at radius 1 is 1.53 bits per heavy atom. The van der Waals surface area contributed by atoms with Gasteiger partial charge in [-0.25, -0.2) is 0 Å². The molecule has 1 atom stereocenters. The quantitative estimate of drug-likeness (QED) is 0.897. The van der Waals surface area contributed by atoms with Crippen molar-refractivity contribution in [3.8, 4) is 0 Å². The van der Waals surface area contributed by atoms with Gasteiger partial charge < -0.3 is 10.6 Å². The number of rotatable bonds is 3. The Bertz CT molecular complexity index is 437. The first-order valence-corrected chi connectivity index (χ1v) is 7.01. The van der Waals surface area contributed by atoms with Gasteiger partial charge in [0.05, 0.1) is 12.1 Å². The molecule has 0 aliphatic carbocycles. The van der Waals surface area contributed by atoms with Crippen molar-refractivity contribution in [2.75, 3.05) is 13.1 Å². The van der Waals surface area contributed by atoms with Gasteiger partial charge in [-0.15, -0.1) is 0 Å². The first-order valence-electron chi connectivity index (χ1n) is 7.01. The highest BCUT2D eigenvalue weighted by molar-refractivity contribution is 5.78. The summed E-state index contributed by atoms with van der Waals surface area (Å²) in [7, 11) is 0. The second kappa shape index (κ2) is 6.15. The lowest BCUT2D eigenvalue weighted by atomic mass is 9.91. The average molecular weight is 261 g/mol. The van der Waals surface area contributed by atoms with Crippen LogP contribution in [0.4, 0.5) is 0 Å². The summed E-state index contributed by atoms with van der Waals surface area (Å²) in [6, 6.07) is 4.13. The van der Waals surface area contributed by atoms with Crippen molar-refractivity contribution < 1.29 is 4.79 Å². The average Bonchev–Trinajstić information content (AvgIpc) is 2.41. The number of carbonyl (C=O) groups is 1. The minimum Gasteiger partial charge on any atom is -0.342 e. The van der Waals surface area contributed by atoms with Gasteiger partial charge in [0.15, 0.2) is 0 Å². The molecule has 1 amide bonds. The molecule has 1 fully saturated rings. The molecular formula is C15H23N3O. The van der Waals surface area contributed by atoms with Gasteiger partial charge in [0.2, 0.25) is 5.91 Å². The van der Waals surface area contributed by atoms with Crippen molar-refractivity contribution in [1.82, 2.24) is 9.88 Å². The molecule has 0 bridgehead atoms. The van der Waals surface area contributed by atoms with Crippen LogP contribution in [0.3, 0.4) is 0 Å². The van der Waals surface area contributed by atoms with E-state index in [2.05, 4.69) is 11.9 Å². The van der Waals surface area contributed by atoms with Crippen LogP contribution in [0.1, 0.15) is 31.0 Å². The Morgan fingerprint density at radius 3 is 2.79 bits per heavy atom. The zero-order chi connectivity index (χ0) is 13.8. The second-order valence-corrected chi connectivity index (χ2v) is 5.52. The van der Waals surface area contributed by atoms with Gasteiger partial charge in [-0.2, -0.15) is 0 Å². The number of amides is 1. The van der Waals surface area contributed by atoms with E-state index in [1.165, 1.54) is 0 Å². The molecule has 1 saturated heterocycles. The van der Waals surface area contributed by atoms with Gasteiger partial charge >= 0.3 is 0 Å². The summed E-state index contributed by atoms with van der Waals surface area (Å²) < 4.78 is 0. The van der Waals surface area contributed by atoms with E-state index in [1.54, 1.807) is 6.20 Å². The van der Waals surface area contributed by atoms with Crippen molar-refractivity contribution in [1.29, 1.82) is 0 Å². The van der Waals surface area contributed by atoms with Crippen LogP contribution < -0.4 is 5.73 Å². The van der Waals surface area contributed by atoms with Gasteiger partial charge in [0.25, 0.3) is 0 Å². The van der Waals surface area contributed by atoms with Gasteiger partial charge in [-0.1, -0.05) is 6.07 Å². The first-order chi connectivity index (χ1) is 9.08. The lowest BCUT2D eigenvalue weighted by Crippen LogP contribution is -2.43. The molecule has 4 nitrogen and oxygen atoms in total. The standard InChI is InChI=1S/C15H23N3O/c1-11-4-3-7-17-14(11)10-15(19)18-8-5-13(6-9-18)12(2)16/h3-4,7,12-13H,5-6,8-10,16H2,1-2H3. The molecular weight excluding hydrogens is 238 g/mol. The number of aryl methyl sites for hydroxylation is 1. The summed E-state index contributed by atoms with van der Waals surface area (Å²) in [6.07, 6.45) is 4.20. The number of carbonyl (C=O) groups excluding carboxylic acids is 1. The normalized spacial score (nSPS) is 18.4. The van der Waals surface area contributed by atoms with Gasteiger partial charge in [-0.3, -0.25) is 9.78 Å². The van der Waals surface area contributed by atoms with Crippen LogP contribution in [-0.2, 0) is 11.2 Å². The predicted octanol–water partition coefficient (Wildman–Crippen LogP) is 1.52. The van der Waals surface area contributed by atoms with Crippen LogP contribution in [0, 0.1) is 12.8 Å². The van der Waals surface area contributed by atoms with E-state index in [0.717, 1.165) is 37.2 Å². The molecule has 1 aromatic rings. The Labute approximate surface area is 115 Å². The highest BCUT2D eigenvalue weighted by Gasteiger charge is 2.25. The number of nitrogens with zero attached hydrogens (tertiary/aromatic N) is 2. The molecule has 1 unspecified atom stereocenters. The second-order valence-electron chi connectivity index (χ2n) is 5.52. The van der Waals surface area contributed by atoms with Crippen molar-refractivity contribution >= 4 is 5.91 Å². The van der Waals surface area contributed by atoms with Gasteiger partial charge in [0.1, 0.15) is 0 Å². The zero-order valence-corrected chi connectivity index (χ0v) is 11.8. The smallest absolute Gasteiger partial charge is 0.228 e. The maximum Gasteiger partial charge on any atom is 0.228 e. The number of piperidine rings is 1. The largest absolute Gasteiger partial charge is 0.342 e. The molecule has 1 aliphatic rings. The SMILES string of the molecule is Cc1cccnc1CC(=O)N1CCC(C(C)N)CC1. The number of hydrogen-bond acceptors (Lipinski definition) is 3. The number of hydrogen-bond donors (Lipinski definition) is 1. The number of pyridine rings is 1. The highest BCUT2D eigenvalue weighted by atomic mass is 16.2. The maximum absolute atomic E-state index is 12.3. The van der Waals surface area contributed by atoms with Crippen LogP contribution in [-0.4, -0.2) is 34.9 Å². The summed E-state index contributed by atoms with van der Waals surface area (Å²) in [5.41, 5.74) is 7.89. The summed E-state index contributed by atoms with van der Waals surface area (Å²) in [5, 5.41) is 0. The Balaban J connectivity index is 1.90. The highest BCUT2D eigenvalue weighted by Crippen LogP contribution is 2.20. The minimum atomic E-state index is 0.185. The van der Waals surface area contributed by atoms with E-state index in [9.17, 15) is 4.79 Å². The Hall–Kier alpha value is -1.42. The first kappa shape index (κ1) is 14.0. The third kappa shape index (κ3) is 3.53. The summed E-state index contributed by atoms with van der Waals surface area (Å²) in [6.45, 7) is 5.71. The van der Waals surface area contributed by atoms with E-state index in [4.69, 9.17) is 5.73 Å². The van der Waals surface area contributed by atoms with Gasteiger partial charge in [0, 0.05) is 25.3 Å². The molecule has 0 aromatic carbocycles. The van der Waals surface area contributed by atoms with E-state index < -0.39 is 0 Å². The Kier molecular flexibility index (Phi) is 4.53.